The molecule has 1 aromatic heterocycles. The molecule has 1 fully saturated rings. The highest BCUT2D eigenvalue weighted by Crippen LogP contribution is 1.91. The molecular formula is C11H19N3+2. The number of quaternary nitrogens is 2. The van der Waals surface area contributed by atoms with Crippen LogP contribution in [0, 0.1) is 0 Å². The maximum absolute atomic E-state index is 4.15. The van der Waals surface area contributed by atoms with E-state index >= 15 is 0 Å². The number of nitrogens with one attached hydrogen (secondary N) is 2. The van der Waals surface area contributed by atoms with Crippen molar-refractivity contribution in [1.82, 2.24) is 4.98 Å². The minimum absolute atomic E-state index is 1.14. The fourth-order valence-electron chi connectivity index (χ4n) is 2.00. The van der Waals surface area contributed by atoms with Crippen LogP contribution >= 0.6 is 0 Å². The number of pyridine rings is 1. The highest BCUT2D eigenvalue weighted by molar-refractivity contribution is 5.06. The fraction of sp³-hybridized carbons (Fsp3) is 0.545. The van der Waals surface area contributed by atoms with Crippen molar-refractivity contribution < 1.29 is 9.80 Å². The van der Waals surface area contributed by atoms with Crippen LogP contribution in [0.1, 0.15) is 5.56 Å². The van der Waals surface area contributed by atoms with Gasteiger partial charge < -0.3 is 9.80 Å². The van der Waals surface area contributed by atoms with E-state index in [1.807, 2.05) is 18.5 Å². The molecule has 2 heterocycles. The Morgan fingerprint density at radius 2 is 2.07 bits per heavy atom. The first kappa shape index (κ1) is 9.62. The van der Waals surface area contributed by atoms with E-state index in [1.54, 1.807) is 9.80 Å². The summed E-state index contributed by atoms with van der Waals surface area (Å²) in [5, 5.41) is 0. The van der Waals surface area contributed by atoms with Gasteiger partial charge in [-0.15, -0.1) is 0 Å². The van der Waals surface area contributed by atoms with Crippen molar-refractivity contribution in [2.24, 2.45) is 0 Å². The van der Waals surface area contributed by atoms with E-state index in [0.717, 1.165) is 6.54 Å². The van der Waals surface area contributed by atoms with Gasteiger partial charge in [-0.2, -0.15) is 0 Å². The zero-order valence-electron chi connectivity index (χ0n) is 8.79. The van der Waals surface area contributed by atoms with Crippen molar-refractivity contribution in [3.8, 4) is 0 Å². The first-order valence-corrected chi connectivity index (χ1v) is 5.38. The topological polar surface area (TPSA) is 21.8 Å². The van der Waals surface area contributed by atoms with Gasteiger partial charge in [0.15, 0.2) is 0 Å². The molecular weight excluding hydrogens is 174 g/mol. The van der Waals surface area contributed by atoms with Gasteiger partial charge in [-0.25, -0.2) is 0 Å². The third kappa shape index (κ3) is 2.53. The number of piperazine rings is 1. The smallest absolute Gasteiger partial charge is 0.127 e. The van der Waals surface area contributed by atoms with Crippen molar-refractivity contribution in [3.63, 3.8) is 0 Å². The molecule has 0 spiro atoms. The van der Waals surface area contributed by atoms with Crippen LogP contribution in [0.15, 0.2) is 24.5 Å². The maximum atomic E-state index is 4.15. The van der Waals surface area contributed by atoms with E-state index in [9.17, 15) is 0 Å². The van der Waals surface area contributed by atoms with Gasteiger partial charge in [-0.3, -0.25) is 4.98 Å². The summed E-state index contributed by atoms with van der Waals surface area (Å²) in [6.45, 7) is 6.33. The number of likely N-dealkylation sites (N-methyl/N-ethyl adjacent to an activating group) is 1. The molecule has 0 radical (unpaired) electrons. The Balaban J connectivity index is 1.87. The predicted octanol–water partition coefficient (Wildman–Crippen LogP) is -2.01. The Morgan fingerprint density at radius 1 is 1.29 bits per heavy atom. The van der Waals surface area contributed by atoms with Gasteiger partial charge in [0.25, 0.3) is 0 Å². The zero-order chi connectivity index (χ0) is 9.80. The minimum atomic E-state index is 1.14. The highest BCUT2D eigenvalue weighted by atomic mass is 15.2. The van der Waals surface area contributed by atoms with Crippen molar-refractivity contribution >= 4 is 0 Å². The summed E-state index contributed by atoms with van der Waals surface area (Å²) in [5.74, 6) is 0. The first-order chi connectivity index (χ1) is 6.84. The Hall–Kier alpha value is -0.930. The summed E-state index contributed by atoms with van der Waals surface area (Å²) in [5.41, 5.74) is 1.36. The number of hydrogen-bond acceptors (Lipinski definition) is 1. The van der Waals surface area contributed by atoms with Crippen LogP contribution in [0.4, 0.5) is 0 Å². The van der Waals surface area contributed by atoms with Crippen molar-refractivity contribution in [3.05, 3.63) is 30.1 Å². The molecule has 0 amide bonds. The fourth-order valence-corrected chi connectivity index (χ4v) is 2.00. The molecule has 3 nitrogen and oxygen atoms in total. The molecule has 1 aromatic rings. The van der Waals surface area contributed by atoms with Gasteiger partial charge in [0.1, 0.15) is 32.7 Å². The van der Waals surface area contributed by atoms with E-state index in [2.05, 4.69) is 18.1 Å². The summed E-state index contributed by atoms with van der Waals surface area (Å²) < 4.78 is 0. The van der Waals surface area contributed by atoms with Crippen LogP contribution in [0.2, 0.25) is 0 Å². The summed E-state index contributed by atoms with van der Waals surface area (Å²) in [6.07, 6.45) is 3.82. The van der Waals surface area contributed by atoms with Gasteiger partial charge in [0.05, 0.1) is 7.05 Å². The molecule has 0 aromatic carbocycles. The molecule has 76 valence electrons. The Labute approximate surface area is 85.4 Å². The van der Waals surface area contributed by atoms with Gasteiger partial charge in [-0.1, -0.05) is 6.07 Å². The molecule has 2 N–H and O–H groups in total. The molecule has 14 heavy (non-hydrogen) atoms. The minimum Gasteiger partial charge on any atom is -0.328 e. The normalized spacial score (nSPS) is 27.5. The third-order valence-electron chi connectivity index (χ3n) is 2.99. The van der Waals surface area contributed by atoms with E-state index < -0.39 is 0 Å². The van der Waals surface area contributed by atoms with Crippen LogP contribution in [0.25, 0.3) is 0 Å². The quantitative estimate of drug-likeness (QED) is 0.557. The Bertz CT molecular complexity index is 265. The highest BCUT2D eigenvalue weighted by Gasteiger charge is 2.19. The third-order valence-corrected chi connectivity index (χ3v) is 2.99. The molecule has 0 atom stereocenters. The van der Waals surface area contributed by atoms with E-state index in [0.29, 0.717) is 0 Å². The number of nitrogens with zero attached hydrogens (tertiary/aromatic N) is 1. The van der Waals surface area contributed by atoms with E-state index in [-0.39, 0.29) is 0 Å². The van der Waals surface area contributed by atoms with E-state index in [4.69, 9.17) is 0 Å². The largest absolute Gasteiger partial charge is 0.328 e. The maximum Gasteiger partial charge on any atom is 0.127 e. The van der Waals surface area contributed by atoms with Gasteiger partial charge >= 0.3 is 0 Å². The molecule has 0 unspecified atom stereocenters. The molecule has 1 saturated heterocycles. The lowest BCUT2D eigenvalue weighted by Crippen LogP contribution is -3.26. The van der Waals surface area contributed by atoms with Gasteiger partial charge in [0, 0.05) is 18.0 Å². The molecule has 0 aliphatic carbocycles. The predicted molar refractivity (Wildman–Crippen MR) is 55.3 cm³/mol. The number of rotatable bonds is 2. The van der Waals surface area contributed by atoms with Crippen LogP contribution < -0.4 is 9.80 Å². The lowest BCUT2D eigenvalue weighted by molar-refractivity contribution is -1.01. The second-order valence-electron chi connectivity index (χ2n) is 4.25. The lowest BCUT2D eigenvalue weighted by Gasteiger charge is -2.27. The van der Waals surface area contributed by atoms with Gasteiger partial charge in [0.2, 0.25) is 0 Å². The van der Waals surface area contributed by atoms with Crippen molar-refractivity contribution in [1.29, 1.82) is 0 Å². The SMILES string of the molecule is C[NH+]1CC[NH+](Cc2cccnc2)CC1. The zero-order valence-corrected chi connectivity index (χ0v) is 8.79. The molecule has 0 bridgehead atoms. The first-order valence-electron chi connectivity index (χ1n) is 5.38. The standard InChI is InChI=1S/C11H17N3/c1-13-5-7-14(8-6-13)10-11-3-2-4-12-9-11/h2-4,9H,5-8,10H2,1H3/p+2. The molecule has 0 saturated carbocycles. The van der Waals surface area contributed by atoms with Crippen LogP contribution in [0.5, 0.6) is 0 Å². The monoisotopic (exact) mass is 193 g/mol. The average molecular weight is 193 g/mol. The second kappa shape index (κ2) is 4.53. The van der Waals surface area contributed by atoms with Crippen molar-refractivity contribution in [2.45, 2.75) is 6.54 Å². The summed E-state index contributed by atoms with van der Waals surface area (Å²) in [6, 6.07) is 4.20. The second-order valence-corrected chi connectivity index (χ2v) is 4.25. The number of hydrogen-bond donors (Lipinski definition) is 2. The van der Waals surface area contributed by atoms with E-state index in [1.165, 1.54) is 31.7 Å². The molecule has 2 rings (SSSR count). The molecule has 1 aliphatic heterocycles. The van der Waals surface area contributed by atoms with Crippen LogP contribution in [-0.2, 0) is 6.54 Å². The van der Waals surface area contributed by atoms with Crippen LogP contribution in [0.3, 0.4) is 0 Å². The molecule has 1 aliphatic rings. The Morgan fingerprint density at radius 3 is 2.71 bits per heavy atom. The summed E-state index contributed by atoms with van der Waals surface area (Å²) in [7, 11) is 2.28. The summed E-state index contributed by atoms with van der Waals surface area (Å²) >= 11 is 0. The Kier molecular flexibility index (Phi) is 3.11. The van der Waals surface area contributed by atoms with Crippen molar-refractivity contribution in [2.75, 3.05) is 33.2 Å². The van der Waals surface area contributed by atoms with Crippen LogP contribution in [-0.4, -0.2) is 38.2 Å². The lowest BCUT2D eigenvalue weighted by atomic mass is 10.2. The van der Waals surface area contributed by atoms with Gasteiger partial charge in [-0.05, 0) is 6.07 Å². The number of aromatic nitrogens is 1. The molecule has 3 heteroatoms. The summed E-state index contributed by atoms with van der Waals surface area (Å²) in [4.78, 5) is 7.51. The average Bonchev–Trinajstić information content (AvgIpc) is 2.23.